The van der Waals surface area contributed by atoms with Crippen LogP contribution in [0, 0.1) is 6.92 Å². The number of hydrogen-bond donors (Lipinski definition) is 2. The van der Waals surface area contributed by atoms with Crippen LogP contribution >= 0.6 is 0 Å². The summed E-state index contributed by atoms with van der Waals surface area (Å²) in [5, 5.41) is 4.20. The number of nitrogens with zero attached hydrogens (tertiary/aromatic N) is 2. The first-order valence-corrected chi connectivity index (χ1v) is 4.02. The third-order valence-corrected chi connectivity index (χ3v) is 1.53. The Morgan fingerprint density at radius 3 is 2.69 bits per heavy atom. The molecule has 4 N–H and O–H groups in total. The van der Waals surface area contributed by atoms with Crippen molar-refractivity contribution in [2.45, 2.75) is 13.8 Å². The summed E-state index contributed by atoms with van der Waals surface area (Å²) >= 11 is 0. The topological polar surface area (TPSA) is 69.9 Å². The van der Waals surface area contributed by atoms with Gasteiger partial charge in [0.1, 0.15) is 0 Å². The fraction of sp³-hybridized carbons (Fsp3) is 0.222. The van der Waals surface area contributed by atoms with Gasteiger partial charge in [-0.3, -0.25) is 0 Å². The highest BCUT2D eigenvalue weighted by atomic mass is 15.3. The second kappa shape index (κ2) is 3.80. The molecular weight excluding hydrogens is 164 g/mol. The van der Waals surface area contributed by atoms with Gasteiger partial charge in [-0.05, 0) is 26.0 Å². The van der Waals surface area contributed by atoms with Crippen LogP contribution in [0.5, 0.6) is 0 Å². The summed E-state index contributed by atoms with van der Waals surface area (Å²) in [5.41, 5.74) is 13.4. The van der Waals surface area contributed by atoms with Crippen LogP contribution in [0.3, 0.4) is 0 Å². The van der Waals surface area contributed by atoms with Gasteiger partial charge in [-0.15, -0.1) is 0 Å². The zero-order valence-electron chi connectivity index (χ0n) is 7.86. The highest BCUT2D eigenvalue weighted by Crippen LogP contribution is 2.05. The monoisotopic (exact) mass is 178 g/mol. The fourth-order valence-electron chi connectivity index (χ4n) is 0.983. The second-order valence-corrected chi connectivity index (χ2v) is 2.88. The molecule has 0 atom stereocenters. The number of rotatable bonds is 2. The van der Waals surface area contributed by atoms with Crippen molar-refractivity contribution in [3.05, 3.63) is 35.9 Å². The Morgan fingerprint density at radius 1 is 1.62 bits per heavy atom. The first-order chi connectivity index (χ1) is 6.13. The Hall–Kier alpha value is -1.71. The Balaban J connectivity index is 2.99. The molecule has 13 heavy (non-hydrogen) atoms. The lowest BCUT2D eigenvalue weighted by atomic mass is 10.3. The Labute approximate surface area is 77.5 Å². The van der Waals surface area contributed by atoms with E-state index in [-0.39, 0.29) is 0 Å². The molecule has 0 spiro atoms. The van der Waals surface area contributed by atoms with E-state index in [2.05, 4.69) is 5.10 Å². The molecule has 0 aromatic carbocycles. The Kier molecular flexibility index (Phi) is 2.74. The normalized spacial score (nSPS) is 13.4. The quantitative estimate of drug-likeness (QED) is 0.658. The van der Waals surface area contributed by atoms with Gasteiger partial charge in [0.25, 0.3) is 0 Å². The van der Waals surface area contributed by atoms with Gasteiger partial charge in [-0.25, -0.2) is 4.68 Å². The van der Waals surface area contributed by atoms with Gasteiger partial charge in [-0.1, -0.05) is 0 Å². The van der Waals surface area contributed by atoms with E-state index in [0.29, 0.717) is 5.70 Å². The van der Waals surface area contributed by atoms with Crippen molar-refractivity contribution < 1.29 is 0 Å². The summed E-state index contributed by atoms with van der Waals surface area (Å²) in [4.78, 5) is 0. The number of aryl methyl sites for hydroxylation is 1. The molecule has 0 saturated heterocycles. The van der Waals surface area contributed by atoms with Crippen molar-refractivity contribution in [1.29, 1.82) is 0 Å². The third-order valence-electron chi connectivity index (χ3n) is 1.53. The van der Waals surface area contributed by atoms with Crippen LogP contribution in [0.1, 0.15) is 12.6 Å². The molecule has 0 radical (unpaired) electrons. The summed E-state index contributed by atoms with van der Waals surface area (Å²) in [7, 11) is 0. The molecule has 1 aromatic rings. The van der Waals surface area contributed by atoms with E-state index < -0.39 is 0 Å². The van der Waals surface area contributed by atoms with E-state index in [9.17, 15) is 0 Å². The molecule has 1 rings (SSSR count). The molecule has 0 aliphatic carbocycles. The number of nitrogens with two attached hydrogens (primary N) is 2. The lowest BCUT2D eigenvalue weighted by molar-refractivity contribution is 0.885. The number of aromatic nitrogens is 2. The molecule has 0 amide bonds. The zero-order valence-corrected chi connectivity index (χ0v) is 7.86. The average Bonchev–Trinajstić information content (AvgIpc) is 2.47. The van der Waals surface area contributed by atoms with Gasteiger partial charge >= 0.3 is 0 Å². The van der Waals surface area contributed by atoms with Gasteiger partial charge in [-0.2, -0.15) is 5.10 Å². The van der Waals surface area contributed by atoms with Crippen LogP contribution in [-0.2, 0) is 0 Å². The maximum absolute atomic E-state index is 5.54. The summed E-state index contributed by atoms with van der Waals surface area (Å²) in [6.45, 7) is 3.73. The number of allylic oxidation sites excluding steroid dienone is 3. The van der Waals surface area contributed by atoms with Crippen molar-refractivity contribution >= 4 is 5.70 Å². The molecule has 0 saturated carbocycles. The van der Waals surface area contributed by atoms with Crippen LogP contribution in [0.25, 0.3) is 5.70 Å². The van der Waals surface area contributed by atoms with Crippen molar-refractivity contribution in [2.24, 2.45) is 11.5 Å². The Bertz CT molecular complexity index is 342. The molecular formula is C9H14N4. The predicted octanol–water partition coefficient (Wildman–Crippen LogP) is 0.811. The minimum absolute atomic E-state index is 0.699. The molecule has 0 aliphatic heterocycles. The van der Waals surface area contributed by atoms with Gasteiger partial charge in [0.15, 0.2) is 0 Å². The number of hydrogen-bond acceptors (Lipinski definition) is 3. The van der Waals surface area contributed by atoms with E-state index in [1.165, 1.54) is 6.20 Å². The predicted molar refractivity (Wildman–Crippen MR) is 53.4 cm³/mol. The molecule has 4 heteroatoms. The van der Waals surface area contributed by atoms with Gasteiger partial charge in [0, 0.05) is 18.1 Å². The van der Waals surface area contributed by atoms with Crippen molar-refractivity contribution in [1.82, 2.24) is 9.78 Å². The fourth-order valence-corrected chi connectivity index (χ4v) is 0.983. The maximum Gasteiger partial charge on any atom is 0.0817 e. The standard InChI is InChI=1S/C9H14N4/c1-7(11)5-9(6-10)13-4-3-8(2)12-13/h3-6H,10-11H2,1-2H3/b7-5-,9-6+. The minimum Gasteiger partial charge on any atom is -0.403 e. The maximum atomic E-state index is 5.54. The summed E-state index contributed by atoms with van der Waals surface area (Å²) < 4.78 is 1.69. The highest BCUT2D eigenvalue weighted by molar-refractivity contribution is 5.56. The van der Waals surface area contributed by atoms with Gasteiger partial charge in [0.2, 0.25) is 0 Å². The molecule has 0 aliphatic rings. The molecule has 4 nitrogen and oxygen atoms in total. The van der Waals surface area contributed by atoms with Crippen molar-refractivity contribution in [3.63, 3.8) is 0 Å². The summed E-state index contributed by atoms with van der Waals surface area (Å²) in [5.74, 6) is 0. The van der Waals surface area contributed by atoms with Crippen LogP contribution in [0.15, 0.2) is 30.2 Å². The second-order valence-electron chi connectivity index (χ2n) is 2.88. The lowest BCUT2D eigenvalue weighted by Crippen LogP contribution is -2.01. The first-order valence-electron chi connectivity index (χ1n) is 4.02. The van der Waals surface area contributed by atoms with E-state index in [4.69, 9.17) is 11.5 Å². The van der Waals surface area contributed by atoms with E-state index in [1.54, 1.807) is 17.7 Å². The molecule has 0 unspecified atom stereocenters. The molecule has 1 aromatic heterocycles. The lowest BCUT2D eigenvalue weighted by Gasteiger charge is -2.01. The summed E-state index contributed by atoms with van der Waals surface area (Å²) in [6, 6.07) is 1.91. The molecule has 0 bridgehead atoms. The van der Waals surface area contributed by atoms with Crippen molar-refractivity contribution in [3.8, 4) is 0 Å². The Morgan fingerprint density at radius 2 is 2.31 bits per heavy atom. The summed E-state index contributed by atoms with van der Waals surface area (Å²) in [6.07, 6.45) is 5.09. The third kappa shape index (κ3) is 2.37. The van der Waals surface area contributed by atoms with Gasteiger partial charge < -0.3 is 11.5 Å². The molecule has 1 heterocycles. The molecule has 70 valence electrons. The van der Waals surface area contributed by atoms with Crippen LogP contribution in [0.2, 0.25) is 0 Å². The zero-order chi connectivity index (χ0) is 9.84. The van der Waals surface area contributed by atoms with Crippen LogP contribution < -0.4 is 11.5 Å². The largest absolute Gasteiger partial charge is 0.403 e. The molecule has 0 fully saturated rings. The van der Waals surface area contributed by atoms with Crippen LogP contribution in [0.4, 0.5) is 0 Å². The highest BCUT2D eigenvalue weighted by Gasteiger charge is 1.97. The van der Waals surface area contributed by atoms with E-state index in [0.717, 1.165) is 11.4 Å². The average molecular weight is 178 g/mol. The minimum atomic E-state index is 0.699. The SMILES string of the molecule is C/C(N)=C/C(=C\N)n1ccc(C)n1. The van der Waals surface area contributed by atoms with Crippen molar-refractivity contribution in [2.75, 3.05) is 0 Å². The smallest absolute Gasteiger partial charge is 0.0817 e. The first kappa shape index (κ1) is 9.38. The van der Waals surface area contributed by atoms with E-state index in [1.807, 2.05) is 19.2 Å². The van der Waals surface area contributed by atoms with E-state index >= 15 is 0 Å². The van der Waals surface area contributed by atoms with Gasteiger partial charge in [0.05, 0.1) is 11.4 Å². The van der Waals surface area contributed by atoms with Crippen LogP contribution in [-0.4, -0.2) is 9.78 Å².